The maximum atomic E-state index is 12.5. The molecule has 2 atom stereocenters. The minimum absolute atomic E-state index is 0.138. The molecule has 4 heteroatoms. The number of fused-ring (bicyclic) bond motifs is 2. The first-order valence-corrected chi connectivity index (χ1v) is 8.83. The molecule has 2 fully saturated rings. The zero-order valence-corrected chi connectivity index (χ0v) is 13.9. The molecule has 0 saturated carbocycles. The van der Waals surface area contributed by atoms with Crippen molar-refractivity contribution in [3.05, 3.63) is 35.9 Å². The smallest absolute Gasteiger partial charge is 0.410 e. The van der Waals surface area contributed by atoms with E-state index in [2.05, 4.69) is 6.92 Å². The Balaban J connectivity index is 1.58. The van der Waals surface area contributed by atoms with Gasteiger partial charge < -0.3 is 14.7 Å². The number of carbonyl (C=O) groups is 1. The van der Waals surface area contributed by atoms with Crippen molar-refractivity contribution in [2.24, 2.45) is 0 Å². The Morgan fingerprint density at radius 2 is 1.91 bits per heavy atom. The standard InChI is InChI=1S/C19H27NO3/c1-2-3-11-19(22)12-16-9-10-17(13-19)20(16)18(21)23-14-15-7-5-4-6-8-15/h4-8,16-17,22H,2-3,9-14H2,1H3. The van der Waals surface area contributed by atoms with Crippen LogP contribution in [0.4, 0.5) is 4.79 Å². The van der Waals surface area contributed by atoms with Crippen molar-refractivity contribution >= 4 is 6.09 Å². The Bertz CT molecular complexity index is 517. The van der Waals surface area contributed by atoms with Crippen LogP contribution in [0.3, 0.4) is 0 Å². The van der Waals surface area contributed by atoms with Crippen LogP contribution >= 0.6 is 0 Å². The predicted molar refractivity (Wildman–Crippen MR) is 89.0 cm³/mol. The molecule has 4 nitrogen and oxygen atoms in total. The Labute approximate surface area is 138 Å². The summed E-state index contributed by atoms with van der Waals surface area (Å²) < 4.78 is 5.50. The summed E-state index contributed by atoms with van der Waals surface area (Å²) in [5, 5.41) is 10.8. The molecule has 2 unspecified atom stereocenters. The topological polar surface area (TPSA) is 49.8 Å². The minimum atomic E-state index is -0.585. The van der Waals surface area contributed by atoms with Gasteiger partial charge in [0.25, 0.3) is 0 Å². The van der Waals surface area contributed by atoms with E-state index in [0.717, 1.165) is 37.7 Å². The van der Waals surface area contributed by atoms with Gasteiger partial charge in [-0.25, -0.2) is 4.79 Å². The monoisotopic (exact) mass is 317 g/mol. The molecule has 1 N–H and O–H groups in total. The maximum Gasteiger partial charge on any atom is 0.410 e. The van der Waals surface area contributed by atoms with Gasteiger partial charge in [0.2, 0.25) is 0 Å². The summed E-state index contributed by atoms with van der Waals surface area (Å²) in [6.07, 6.45) is 6.14. The number of rotatable bonds is 5. The van der Waals surface area contributed by atoms with E-state index in [1.807, 2.05) is 35.2 Å². The van der Waals surface area contributed by atoms with Gasteiger partial charge in [-0.05, 0) is 37.7 Å². The van der Waals surface area contributed by atoms with Gasteiger partial charge in [-0.15, -0.1) is 0 Å². The fourth-order valence-corrected chi connectivity index (χ4v) is 4.12. The number of ether oxygens (including phenoxy) is 1. The molecule has 2 saturated heterocycles. The minimum Gasteiger partial charge on any atom is -0.445 e. The fraction of sp³-hybridized carbons (Fsp3) is 0.632. The molecule has 1 aromatic carbocycles. The number of unbranched alkanes of at least 4 members (excludes halogenated alkanes) is 1. The number of piperidine rings is 1. The average Bonchev–Trinajstić information content (AvgIpc) is 2.84. The van der Waals surface area contributed by atoms with Crippen molar-refractivity contribution in [3.63, 3.8) is 0 Å². The number of benzene rings is 1. The zero-order chi connectivity index (χ0) is 16.3. The molecule has 1 amide bonds. The normalized spacial score (nSPS) is 29.6. The summed E-state index contributed by atoms with van der Waals surface area (Å²) in [7, 11) is 0. The van der Waals surface area contributed by atoms with Gasteiger partial charge in [0.1, 0.15) is 6.61 Å². The first kappa shape index (κ1) is 16.3. The molecule has 0 spiro atoms. The highest BCUT2D eigenvalue weighted by Crippen LogP contribution is 2.43. The highest BCUT2D eigenvalue weighted by Gasteiger charge is 2.49. The van der Waals surface area contributed by atoms with Crippen molar-refractivity contribution < 1.29 is 14.6 Å². The molecule has 1 aromatic rings. The van der Waals surface area contributed by atoms with Crippen LogP contribution in [-0.4, -0.2) is 33.8 Å². The highest BCUT2D eigenvalue weighted by atomic mass is 16.6. The fourth-order valence-electron chi connectivity index (χ4n) is 4.12. The molecule has 126 valence electrons. The van der Waals surface area contributed by atoms with E-state index in [0.29, 0.717) is 19.4 Å². The van der Waals surface area contributed by atoms with Gasteiger partial charge in [0, 0.05) is 12.1 Å². The molecule has 2 aliphatic rings. The maximum absolute atomic E-state index is 12.5. The van der Waals surface area contributed by atoms with Crippen LogP contribution < -0.4 is 0 Å². The molecule has 23 heavy (non-hydrogen) atoms. The van der Waals surface area contributed by atoms with Crippen molar-refractivity contribution in [2.45, 2.75) is 76.2 Å². The van der Waals surface area contributed by atoms with Crippen molar-refractivity contribution in [2.75, 3.05) is 0 Å². The van der Waals surface area contributed by atoms with Gasteiger partial charge in [0.05, 0.1) is 5.60 Å². The van der Waals surface area contributed by atoms with E-state index in [1.165, 1.54) is 0 Å². The second-order valence-electron chi connectivity index (χ2n) is 7.07. The van der Waals surface area contributed by atoms with Crippen LogP contribution in [0.25, 0.3) is 0 Å². The first-order valence-electron chi connectivity index (χ1n) is 8.83. The third kappa shape index (κ3) is 3.69. The van der Waals surface area contributed by atoms with Crippen molar-refractivity contribution in [1.29, 1.82) is 0 Å². The van der Waals surface area contributed by atoms with Gasteiger partial charge in [0.15, 0.2) is 0 Å². The first-order chi connectivity index (χ1) is 11.1. The van der Waals surface area contributed by atoms with E-state index in [4.69, 9.17) is 4.74 Å². The Kier molecular flexibility index (Phi) is 4.90. The summed E-state index contributed by atoms with van der Waals surface area (Å²) >= 11 is 0. The van der Waals surface area contributed by atoms with E-state index in [1.54, 1.807) is 0 Å². The molecular formula is C19H27NO3. The average molecular weight is 317 g/mol. The van der Waals surface area contributed by atoms with E-state index in [-0.39, 0.29) is 18.2 Å². The Hall–Kier alpha value is -1.55. The second kappa shape index (κ2) is 6.91. The summed E-state index contributed by atoms with van der Waals surface area (Å²) in [5.41, 5.74) is 0.419. The van der Waals surface area contributed by atoms with Crippen LogP contribution in [0.1, 0.15) is 57.4 Å². The van der Waals surface area contributed by atoms with Crippen LogP contribution in [0.2, 0.25) is 0 Å². The molecule has 2 aliphatic heterocycles. The van der Waals surface area contributed by atoms with E-state index >= 15 is 0 Å². The Morgan fingerprint density at radius 1 is 1.26 bits per heavy atom. The van der Waals surface area contributed by atoms with Crippen LogP contribution in [-0.2, 0) is 11.3 Å². The molecule has 2 bridgehead atoms. The number of nitrogens with zero attached hydrogens (tertiary/aromatic N) is 1. The van der Waals surface area contributed by atoms with Crippen LogP contribution in [0.15, 0.2) is 30.3 Å². The summed E-state index contributed by atoms with van der Waals surface area (Å²) in [5.74, 6) is 0. The summed E-state index contributed by atoms with van der Waals surface area (Å²) in [6.45, 7) is 2.46. The lowest BCUT2D eigenvalue weighted by molar-refractivity contribution is -0.0551. The van der Waals surface area contributed by atoms with Crippen molar-refractivity contribution in [3.8, 4) is 0 Å². The number of aliphatic hydroxyl groups is 1. The van der Waals surface area contributed by atoms with E-state index in [9.17, 15) is 9.90 Å². The molecule has 0 aliphatic carbocycles. The summed E-state index contributed by atoms with van der Waals surface area (Å²) in [4.78, 5) is 14.4. The van der Waals surface area contributed by atoms with Crippen LogP contribution in [0.5, 0.6) is 0 Å². The lowest BCUT2D eigenvalue weighted by Crippen LogP contribution is -2.53. The second-order valence-corrected chi connectivity index (χ2v) is 7.07. The number of hydrogen-bond acceptors (Lipinski definition) is 3. The molecule has 0 radical (unpaired) electrons. The SMILES string of the molecule is CCCCC1(O)CC2CCC(C1)N2C(=O)OCc1ccccc1. The van der Waals surface area contributed by atoms with Gasteiger partial charge in [-0.1, -0.05) is 50.1 Å². The largest absolute Gasteiger partial charge is 0.445 e. The van der Waals surface area contributed by atoms with Crippen molar-refractivity contribution in [1.82, 2.24) is 4.90 Å². The predicted octanol–water partition coefficient (Wildman–Crippen LogP) is 3.87. The van der Waals surface area contributed by atoms with Crippen LogP contribution in [0, 0.1) is 0 Å². The lowest BCUT2D eigenvalue weighted by Gasteiger charge is -2.43. The number of hydrogen-bond donors (Lipinski definition) is 1. The van der Waals surface area contributed by atoms with Gasteiger partial charge in [-0.2, -0.15) is 0 Å². The zero-order valence-electron chi connectivity index (χ0n) is 13.9. The molecule has 3 rings (SSSR count). The lowest BCUT2D eigenvalue weighted by atomic mass is 9.82. The molecular weight excluding hydrogens is 290 g/mol. The number of carbonyl (C=O) groups excluding carboxylic acids is 1. The number of amides is 1. The van der Waals surface area contributed by atoms with E-state index < -0.39 is 5.60 Å². The third-order valence-corrected chi connectivity index (χ3v) is 5.26. The Morgan fingerprint density at radius 3 is 2.52 bits per heavy atom. The molecule has 2 heterocycles. The van der Waals surface area contributed by atoms with Gasteiger partial charge in [-0.3, -0.25) is 0 Å². The quantitative estimate of drug-likeness (QED) is 0.897. The highest BCUT2D eigenvalue weighted by molar-refractivity contribution is 5.69. The third-order valence-electron chi connectivity index (χ3n) is 5.26. The van der Waals surface area contributed by atoms with Gasteiger partial charge >= 0.3 is 6.09 Å². The molecule has 0 aromatic heterocycles. The summed E-state index contributed by atoms with van der Waals surface area (Å²) in [6, 6.07) is 10.0.